The number of carbonyl (C=O) groups excluding carboxylic acids is 1. The first-order chi connectivity index (χ1) is 17.2. The molecular weight excluding hydrogens is 458 g/mol. The van der Waals surface area contributed by atoms with Gasteiger partial charge in [0.2, 0.25) is 11.7 Å². The number of fused-ring (bicyclic) bond motifs is 3. The average molecular weight is 490 g/mol. The minimum absolute atomic E-state index is 0.0810. The van der Waals surface area contributed by atoms with Gasteiger partial charge in [0.25, 0.3) is 11.5 Å². The maximum Gasteiger partial charge on any atom is 0.274 e. The van der Waals surface area contributed by atoms with E-state index in [-0.39, 0.29) is 45.9 Å². The Hall–Kier alpha value is -3.20. The van der Waals surface area contributed by atoms with Crippen molar-refractivity contribution in [1.29, 1.82) is 0 Å². The van der Waals surface area contributed by atoms with Crippen molar-refractivity contribution in [2.24, 2.45) is 5.41 Å². The van der Waals surface area contributed by atoms with Crippen molar-refractivity contribution < 1.29 is 14.3 Å². The van der Waals surface area contributed by atoms with E-state index in [0.717, 1.165) is 31.4 Å². The van der Waals surface area contributed by atoms with E-state index < -0.39 is 5.91 Å². The van der Waals surface area contributed by atoms with Crippen LogP contribution in [-0.2, 0) is 10.2 Å². The number of amides is 1. The summed E-state index contributed by atoms with van der Waals surface area (Å²) in [6, 6.07) is 3.72. The Kier molecular flexibility index (Phi) is 4.40. The molecule has 188 valence electrons. The molecule has 1 saturated heterocycles. The van der Waals surface area contributed by atoms with Gasteiger partial charge in [0.1, 0.15) is 11.3 Å². The number of carbonyl (C=O) groups is 1. The number of hydrogen-bond donors (Lipinski definition) is 1. The molecule has 3 aromatic rings. The van der Waals surface area contributed by atoms with Crippen LogP contribution in [0.25, 0.3) is 5.78 Å². The third kappa shape index (κ3) is 3.32. The van der Waals surface area contributed by atoms with Gasteiger partial charge in [-0.05, 0) is 76.8 Å². The third-order valence-corrected chi connectivity index (χ3v) is 8.69. The van der Waals surface area contributed by atoms with Crippen LogP contribution in [-0.4, -0.2) is 43.2 Å². The van der Waals surface area contributed by atoms with E-state index in [2.05, 4.69) is 17.2 Å². The Labute approximate surface area is 208 Å². The molecule has 0 aromatic carbocycles. The summed E-state index contributed by atoms with van der Waals surface area (Å²) in [7, 11) is 0. The van der Waals surface area contributed by atoms with Gasteiger partial charge in [-0.15, -0.1) is 0 Å². The van der Waals surface area contributed by atoms with E-state index in [0.29, 0.717) is 17.8 Å². The monoisotopic (exact) mass is 489 g/mol. The molecule has 2 bridgehead atoms. The summed E-state index contributed by atoms with van der Waals surface area (Å²) in [5.74, 6) is 0.259. The van der Waals surface area contributed by atoms with Crippen molar-refractivity contribution in [1.82, 2.24) is 18.9 Å². The maximum atomic E-state index is 13.4. The van der Waals surface area contributed by atoms with Crippen LogP contribution >= 0.6 is 0 Å². The molecule has 9 heteroatoms. The smallest absolute Gasteiger partial charge is 0.274 e. The summed E-state index contributed by atoms with van der Waals surface area (Å²) in [4.78, 5) is 36.0. The Morgan fingerprint density at radius 2 is 2.06 bits per heavy atom. The molecule has 0 radical (unpaired) electrons. The van der Waals surface area contributed by atoms with E-state index in [1.54, 1.807) is 21.2 Å². The topological polar surface area (TPSA) is 99.8 Å². The van der Waals surface area contributed by atoms with Crippen LogP contribution < -0.4 is 15.6 Å². The Balaban J connectivity index is 1.23. The van der Waals surface area contributed by atoms with Crippen molar-refractivity contribution in [3.8, 4) is 5.88 Å². The Morgan fingerprint density at radius 1 is 1.22 bits per heavy atom. The summed E-state index contributed by atoms with van der Waals surface area (Å²) in [5.41, 5.74) is 1.43. The van der Waals surface area contributed by atoms with E-state index in [4.69, 9.17) is 14.5 Å². The van der Waals surface area contributed by atoms with Gasteiger partial charge in [0, 0.05) is 30.0 Å². The van der Waals surface area contributed by atoms with Crippen LogP contribution in [0.2, 0.25) is 0 Å². The van der Waals surface area contributed by atoms with E-state index in [1.807, 2.05) is 32.3 Å². The van der Waals surface area contributed by atoms with Crippen LogP contribution in [0.15, 0.2) is 35.5 Å². The Bertz CT molecular complexity index is 1460. The minimum Gasteiger partial charge on any atom is -0.474 e. The lowest BCUT2D eigenvalue weighted by molar-refractivity contribution is -0.00627. The fraction of sp³-hybridized carbons (Fsp3) is 0.556. The lowest BCUT2D eigenvalue weighted by atomic mass is 9.84. The number of hydrogen-bond acceptors (Lipinski definition) is 6. The van der Waals surface area contributed by atoms with E-state index in [9.17, 15) is 9.59 Å². The maximum absolute atomic E-state index is 13.4. The normalized spacial score (nSPS) is 29.3. The van der Waals surface area contributed by atoms with Gasteiger partial charge < -0.3 is 19.4 Å². The first kappa shape index (κ1) is 22.0. The van der Waals surface area contributed by atoms with Gasteiger partial charge in [-0.1, -0.05) is 0 Å². The second kappa shape index (κ2) is 7.18. The molecule has 1 N–H and O–H groups in total. The molecule has 9 nitrogen and oxygen atoms in total. The number of rotatable bonds is 6. The summed E-state index contributed by atoms with van der Waals surface area (Å²) in [6.07, 6.45) is 11.7. The van der Waals surface area contributed by atoms with Gasteiger partial charge in [-0.25, -0.2) is 4.98 Å². The highest BCUT2D eigenvalue weighted by atomic mass is 16.5. The molecule has 4 aliphatic rings. The third-order valence-electron chi connectivity index (χ3n) is 8.69. The summed E-state index contributed by atoms with van der Waals surface area (Å²) in [6.45, 7) is 6.59. The first-order valence-corrected chi connectivity index (χ1v) is 12.9. The highest BCUT2D eigenvalue weighted by molar-refractivity contribution is 6.05. The number of aromatic nitrogens is 4. The number of pyridine rings is 1. The highest BCUT2D eigenvalue weighted by Gasteiger charge is 2.64. The molecule has 36 heavy (non-hydrogen) atoms. The fourth-order valence-corrected chi connectivity index (χ4v) is 6.34. The molecular formula is C27H31N5O4. The largest absolute Gasteiger partial charge is 0.474 e. The number of ether oxygens (including phenoxy) is 2. The van der Waals surface area contributed by atoms with Gasteiger partial charge in [0.05, 0.1) is 24.0 Å². The minimum atomic E-state index is -0.433. The number of anilines is 1. The standard InChI is InChI=1S/C27H31N5O4/c1-16(2)36-22-17(21(33)28-18-5-4-10-32(23(18)34)20-11-26(20)8-9-26)12-31-13-19(29-24(31)30-22)27-7-6-25(3,14-27)35-15-27/h4-5,10,12-13,16,20H,6-9,11,14-15H2,1-3H3,(H,28,33)/t20-,25-,27-/m0/s1. The van der Waals surface area contributed by atoms with Crippen molar-refractivity contribution >= 4 is 17.4 Å². The molecule has 4 heterocycles. The zero-order chi connectivity index (χ0) is 24.9. The van der Waals surface area contributed by atoms with Crippen molar-refractivity contribution in [2.45, 2.75) is 82.5 Å². The van der Waals surface area contributed by atoms with Gasteiger partial charge in [-0.2, -0.15) is 4.98 Å². The zero-order valence-corrected chi connectivity index (χ0v) is 20.9. The number of nitrogens with one attached hydrogen (secondary N) is 1. The summed E-state index contributed by atoms with van der Waals surface area (Å²) >= 11 is 0. The second-order valence-electron chi connectivity index (χ2n) is 11.8. The van der Waals surface area contributed by atoms with Crippen molar-refractivity contribution in [3.63, 3.8) is 0 Å². The quantitative estimate of drug-likeness (QED) is 0.564. The van der Waals surface area contributed by atoms with E-state index >= 15 is 0 Å². The van der Waals surface area contributed by atoms with Gasteiger partial charge in [0.15, 0.2) is 0 Å². The average Bonchev–Trinajstić information content (AvgIpc) is 3.61. The fourth-order valence-electron chi connectivity index (χ4n) is 6.34. The lowest BCUT2D eigenvalue weighted by Crippen LogP contribution is -2.26. The number of imidazole rings is 1. The van der Waals surface area contributed by atoms with Crippen LogP contribution in [0, 0.1) is 5.41 Å². The molecule has 7 rings (SSSR count). The van der Waals surface area contributed by atoms with Crippen LogP contribution in [0.1, 0.15) is 81.4 Å². The highest BCUT2D eigenvalue weighted by Crippen LogP contribution is 2.72. The predicted octanol–water partition coefficient (Wildman–Crippen LogP) is 3.87. The van der Waals surface area contributed by atoms with Crippen LogP contribution in [0.5, 0.6) is 5.88 Å². The molecule has 1 amide bonds. The predicted molar refractivity (Wildman–Crippen MR) is 133 cm³/mol. The summed E-state index contributed by atoms with van der Waals surface area (Å²) in [5, 5.41) is 2.82. The lowest BCUT2D eigenvalue weighted by Gasteiger charge is -2.24. The van der Waals surface area contributed by atoms with Gasteiger partial charge in [-0.3, -0.25) is 14.0 Å². The second-order valence-corrected chi connectivity index (χ2v) is 11.8. The molecule has 3 aliphatic carbocycles. The molecule has 3 aromatic heterocycles. The van der Waals surface area contributed by atoms with Gasteiger partial charge >= 0.3 is 0 Å². The van der Waals surface area contributed by atoms with E-state index in [1.165, 1.54) is 12.8 Å². The summed E-state index contributed by atoms with van der Waals surface area (Å²) < 4.78 is 15.5. The van der Waals surface area contributed by atoms with Crippen LogP contribution in [0.4, 0.5) is 5.69 Å². The van der Waals surface area contributed by atoms with Crippen molar-refractivity contribution in [3.05, 3.63) is 52.3 Å². The molecule has 0 unspecified atom stereocenters. The molecule has 3 saturated carbocycles. The zero-order valence-electron chi connectivity index (χ0n) is 20.9. The molecule has 4 fully saturated rings. The first-order valence-electron chi connectivity index (χ1n) is 12.9. The SMILES string of the molecule is CC(C)Oc1nc2nc([C@@]34CC[C@@](C)(C3)OC4)cn2cc1C(=O)Nc1cccn([C@H]2CC23CC3)c1=O. The molecule has 1 aliphatic heterocycles. The number of nitrogens with zero attached hydrogens (tertiary/aromatic N) is 4. The van der Waals surface area contributed by atoms with Crippen LogP contribution in [0.3, 0.4) is 0 Å². The molecule has 1 spiro atoms. The Morgan fingerprint density at radius 3 is 2.69 bits per heavy atom. The van der Waals surface area contributed by atoms with Crippen molar-refractivity contribution in [2.75, 3.05) is 11.9 Å². The molecule has 3 atom stereocenters.